The average molecular weight is 385 g/mol. The van der Waals surface area contributed by atoms with Gasteiger partial charge in [0.05, 0.1) is 15.5 Å². The zero-order valence-corrected chi connectivity index (χ0v) is 13.8. The fourth-order valence-corrected chi connectivity index (χ4v) is 3.89. The molecule has 0 fully saturated rings. The van der Waals surface area contributed by atoms with Gasteiger partial charge in [0.25, 0.3) is 0 Å². The van der Waals surface area contributed by atoms with Crippen LogP contribution in [0.1, 0.15) is 29.7 Å². The maximum atomic E-state index is 5.58. The van der Waals surface area contributed by atoms with Crippen LogP contribution in [-0.4, -0.2) is 13.2 Å². The van der Waals surface area contributed by atoms with Crippen molar-refractivity contribution in [2.75, 3.05) is 13.2 Å². The van der Waals surface area contributed by atoms with Crippen LogP contribution in [0.25, 0.3) is 0 Å². The van der Waals surface area contributed by atoms with Crippen molar-refractivity contribution in [2.45, 2.75) is 19.4 Å². The number of nitrogens with one attached hydrogen (secondary N) is 1. The third-order valence-corrected chi connectivity index (χ3v) is 5.18. The Bertz CT molecular complexity index is 581. The van der Waals surface area contributed by atoms with E-state index in [9.17, 15) is 0 Å². The molecular formula is C15H16INOS. The van der Waals surface area contributed by atoms with Gasteiger partial charge >= 0.3 is 0 Å². The first kappa shape index (κ1) is 13.4. The van der Waals surface area contributed by atoms with Crippen molar-refractivity contribution in [1.82, 2.24) is 5.32 Å². The van der Waals surface area contributed by atoms with Gasteiger partial charge in [-0.25, -0.2) is 0 Å². The normalized spacial score (nSPS) is 15.1. The second-order valence-corrected chi connectivity index (χ2v) is 7.45. The summed E-state index contributed by atoms with van der Waals surface area (Å²) in [6.07, 6.45) is 1.03. The molecule has 2 aromatic rings. The van der Waals surface area contributed by atoms with E-state index in [1.807, 2.05) is 0 Å². The van der Waals surface area contributed by atoms with Crippen LogP contribution in [-0.2, 0) is 6.42 Å². The van der Waals surface area contributed by atoms with Crippen molar-refractivity contribution < 1.29 is 4.74 Å². The molecule has 2 heterocycles. The minimum atomic E-state index is 0.288. The molecule has 1 aliphatic rings. The topological polar surface area (TPSA) is 21.3 Å². The van der Waals surface area contributed by atoms with Gasteiger partial charge in [0.2, 0.25) is 0 Å². The molecule has 1 aliphatic heterocycles. The number of hydrogen-bond donors (Lipinski definition) is 1. The standard InChI is InChI=1S/C15H16INOS/c1-2-17-15(12-8-14(16)19-9-12)11-3-4-13-10(7-11)5-6-18-13/h3-4,7-9,15,17H,2,5-6H2,1H3. The summed E-state index contributed by atoms with van der Waals surface area (Å²) in [5, 5.41) is 5.83. The van der Waals surface area contributed by atoms with Crippen LogP contribution in [0.5, 0.6) is 5.75 Å². The molecule has 19 heavy (non-hydrogen) atoms. The van der Waals surface area contributed by atoms with Crippen molar-refractivity contribution >= 4 is 33.9 Å². The van der Waals surface area contributed by atoms with E-state index in [0.29, 0.717) is 0 Å². The molecule has 1 N–H and O–H groups in total. The van der Waals surface area contributed by atoms with E-state index in [1.54, 1.807) is 11.3 Å². The Labute approximate surface area is 131 Å². The molecule has 3 rings (SSSR count). The molecule has 0 spiro atoms. The van der Waals surface area contributed by atoms with Gasteiger partial charge in [-0.15, -0.1) is 11.3 Å². The van der Waals surface area contributed by atoms with Gasteiger partial charge in [0, 0.05) is 6.42 Å². The molecule has 0 bridgehead atoms. The lowest BCUT2D eigenvalue weighted by Gasteiger charge is -2.18. The highest BCUT2D eigenvalue weighted by molar-refractivity contribution is 14.1. The van der Waals surface area contributed by atoms with Crippen molar-refractivity contribution in [3.8, 4) is 5.75 Å². The SMILES string of the molecule is CCNC(c1csc(I)c1)c1ccc2c(c1)CCO2. The second kappa shape index (κ2) is 5.81. The summed E-state index contributed by atoms with van der Waals surface area (Å²) in [6, 6.07) is 9.14. The summed E-state index contributed by atoms with van der Waals surface area (Å²) in [5.74, 6) is 1.05. The Balaban J connectivity index is 1.95. The first-order valence-electron chi connectivity index (χ1n) is 6.51. The van der Waals surface area contributed by atoms with E-state index in [1.165, 1.54) is 19.6 Å². The van der Waals surface area contributed by atoms with Gasteiger partial charge in [-0.2, -0.15) is 0 Å². The minimum Gasteiger partial charge on any atom is -0.493 e. The first-order valence-corrected chi connectivity index (χ1v) is 8.46. The fraction of sp³-hybridized carbons (Fsp3) is 0.333. The van der Waals surface area contributed by atoms with Crippen LogP contribution in [0.4, 0.5) is 0 Å². The van der Waals surface area contributed by atoms with Crippen LogP contribution in [0.15, 0.2) is 29.6 Å². The molecule has 1 aromatic carbocycles. The van der Waals surface area contributed by atoms with Crippen molar-refractivity contribution in [3.63, 3.8) is 0 Å². The molecule has 1 atom stereocenters. The smallest absolute Gasteiger partial charge is 0.122 e. The van der Waals surface area contributed by atoms with Gasteiger partial charge in [0.15, 0.2) is 0 Å². The van der Waals surface area contributed by atoms with Crippen LogP contribution < -0.4 is 10.1 Å². The number of thiophene rings is 1. The van der Waals surface area contributed by atoms with E-state index in [-0.39, 0.29) is 6.04 Å². The molecule has 0 radical (unpaired) electrons. The van der Waals surface area contributed by atoms with Gasteiger partial charge < -0.3 is 10.1 Å². The predicted octanol–water partition coefficient (Wildman–Crippen LogP) is 3.99. The van der Waals surface area contributed by atoms with Gasteiger partial charge in [-0.3, -0.25) is 0 Å². The molecule has 100 valence electrons. The monoisotopic (exact) mass is 385 g/mol. The highest BCUT2D eigenvalue weighted by Crippen LogP contribution is 2.32. The minimum absolute atomic E-state index is 0.288. The van der Waals surface area contributed by atoms with Crippen molar-refractivity contribution in [1.29, 1.82) is 0 Å². The summed E-state index contributed by atoms with van der Waals surface area (Å²) in [5.41, 5.74) is 4.03. The molecule has 1 unspecified atom stereocenters. The Morgan fingerprint density at radius 3 is 3.00 bits per heavy atom. The highest BCUT2D eigenvalue weighted by atomic mass is 127. The molecule has 4 heteroatoms. The fourth-order valence-electron chi connectivity index (χ4n) is 2.49. The summed E-state index contributed by atoms with van der Waals surface area (Å²) in [4.78, 5) is 0. The van der Waals surface area contributed by atoms with E-state index < -0.39 is 0 Å². The number of fused-ring (bicyclic) bond motifs is 1. The predicted molar refractivity (Wildman–Crippen MR) is 88.2 cm³/mol. The molecular weight excluding hydrogens is 369 g/mol. The Hall–Kier alpha value is -0.590. The summed E-state index contributed by atoms with van der Waals surface area (Å²) >= 11 is 4.18. The second-order valence-electron chi connectivity index (χ2n) is 4.64. The molecule has 0 amide bonds. The van der Waals surface area contributed by atoms with Crippen molar-refractivity contribution in [3.05, 3.63) is 49.2 Å². The highest BCUT2D eigenvalue weighted by Gasteiger charge is 2.18. The summed E-state index contributed by atoms with van der Waals surface area (Å²) in [6.45, 7) is 3.94. The molecule has 0 saturated carbocycles. The van der Waals surface area contributed by atoms with E-state index in [0.717, 1.165) is 25.3 Å². The van der Waals surface area contributed by atoms with E-state index in [2.05, 4.69) is 64.5 Å². The van der Waals surface area contributed by atoms with Gasteiger partial charge in [0.1, 0.15) is 5.75 Å². The Morgan fingerprint density at radius 1 is 1.37 bits per heavy atom. The van der Waals surface area contributed by atoms with E-state index >= 15 is 0 Å². The molecule has 0 aliphatic carbocycles. The third kappa shape index (κ3) is 2.80. The molecule has 2 nitrogen and oxygen atoms in total. The van der Waals surface area contributed by atoms with Crippen LogP contribution in [0, 0.1) is 2.88 Å². The van der Waals surface area contributed by atoms with Gasteiger partial charge in [-0.1, -0.05) is 19.1 Å². The zero-order valence-electron chi connectivity index (χ0n) is 10.8. The number of benzene rings is 1. The lowest BCUT2D eigenvalue weighted by atomic mass is 9.98. The largest absolute Gasteiger partial charge is 0.493 e. The van der Waals surface area contributed by atoms with Crippen LogP contribution >= 0.6 is 33.9 Å². The third-order valence-electron chi connectivity index (χ3n) is 3.38. The molecule has 0 saturated heterocycles. The first-order chi connectivity index (χ1) is 9.28. The van der Waals surface area contributed by atoms with Crippen molar-refractivity contribution in [2.24, 2.45) is 0 Å². The van der Waals surface area contributed by atoms with Crippen LogP contribution in [0.3, 0.4) is 0 Å². The lowest BCUT2D eigenvalue weighted by molar-refractivity contribution is 0.357. The van der Waals surface area contributed by atoms with E-state index in [4.69, 9.17) is 4.74 Å². The van der Waals surface area contributed by atoms with Crippen LogP contribution in [0.2, 0.25) is 0 Å². The summed E-state index contributed by atoms with van der Waals surface area (Å²) in [7, 11) is 0. The Kier molecular flexibility index (Phi) is 4.10. The number of halogens is 1. The Morgan fingerprint density at radius 2 is 2.26 bits per heavy atom. The maximum absolute atomic E-state index is 5.58. The quantitative estimate of drug-likeness (QED) is 0.804. The average Bonchev–Trinajstić information content (AvgIpc) is 3.03. The maximum Gasteiger partial charge on any atom is 0.122 e. The molecule has 1 aromatic heterocycles. The lowest BCUT2D eigenvalue weighted by Crippen LogP contribution is -2.21. The number of rotatable bonds is 4. The summed E-state index contributed by atoms with van der Waals surface area (Å²) < 4.78 is 6.92. The van der Waals surface area contributed by atoms with Gasteiger partial charge in [-0.05, 0) is 63.3 Å². The number of ether oxygens (including phenoxy) is 1. The zero-order chi connectivity index (χ0) is 13.2. The number of hydrogen-bond acceptors (Lipinski definition) is 3.